The molecule has 0 radical (unpaired) electrons. The largest absolute Gasteiger partial charge is 0.472 e. The van der Waals surface area contributed by atoms with Crippen molar-refractivity contribution in [3.8, 4) is 0 Å². The molecule has 0 aliphatic rings. The van der Waals surface area contributed by atoms with Crippen LogP contribution in [-0.2, 0) is 18.6 Å². The molecule has 3 N–H and O–H groups in total. The lowest BCUT2D eigenvalue weighted by Gasteiger charge is -2.19. The van der Waals surface area contributed by atoms with E-state index in [2.05, 4.69) is 15.8 Å². The maximum absolute atomic E-state index is 10.6. The minimum atomic E-state index is -4.81. The Morgan fingerprint density at radius 1 is 1.57 bits per heavy atom. The van der Waals surface area contributed by atoms with Crippen LogP contribution in [0.15, 0.2) is 12.7 Å². The van der Waals surface area contributed by atoms with Crippen molar-refractivity contribution in [1.29, 1.82) is 0 Å². The fourth-order valence-corrected chi connectivity index (χ4v) is 0.996. The smallest absolute Gasteiger partial charge is 0.429 e. The van der Waals surface area contributed by atoms with Crippen molar-refractivity contribution >= 4 is 13.8 Å². The third kappa shape index (κ3) is 5.85. The van der Waals surface area contributed by atoms with E-state index in [4.69, 9.17) is 14.9 Å². The molecule has 0 amide bonds. The second-order valence-electron chi connectivity index (χ2n) is 2.35. The molecular weight excluding hydrogens is 215 g/mol. The van der Waals surface area contributed by atoms with E-state index in [9.17, 15) is 9.36 Å². The molecule has 0 fully saturated rings. The Kier molecular flexibility index (Phi) is 4.96. The zero-order valence-corrected chi connectivity index (χ0v) is 8.26. The molecule has 14 heavy (non-hydrogen) atoms. The number of ether oxygens (including phenoxy) is 1. The van der Waals surface area contributed by atoms with E-state index in [1.165, 1.54) is 0 Å². The van der Waals surface area contributed by atoms with Crippen LogP contribution in [0.5, 0.6) is 0 Å². The summed E-state index contributed by atoms with van der Waals surface area (Å²) in [7, 11) is -4.81. The normalized spacial score (nSPS) is 15.7. The molecule has 2 atom stereocenters. The van der Waals surface area contributed by atoms with Gasteiger partial charge in [0.25, 0.3) is 0 Å². The summed E-state index contributed by atoms with van der Waals surface area (Å²) in [4.78, 5) is 27.4. The fraction of sp³-hybridized carbons (Fsp3) is 0.500. The summed E-state index contributed by atoms with van der Waals surface area (Å²) in [6, 6.07) is 0. The molecule has 0 saturated carbocycles. The van der Waals surface area contributed by atoms with Crippen molar-refractivity contribution in [3.63, 3.8) is 0 Å². The topological polar surface area (TPSA) is 113 Å². The number of carbonyl (C=O) groups excluding carboxylic acids is 1. The van der Waals surface area contributed by atoms with E-state index in [0.717, 1.165) is 13.0 Å². The number of hydrogen-bond acceptors (Lipinski definition) is 5. The number of aliphatic hydroxyl groups excluding tert-OH is 1. The highest BCUT2D eigenvalue weighted by Crippen LogP contribution is 2.38. The van der Waals surface area contributed by atoms with Gasteiger partial charge >= 0.3 is 13.8 Å². The first kappa shape index (κ1) is 13.3. The van der Waals surface area contributed by atoms with Gasteiger partial charge in [0.1, 0.15) is 6.10 Å². The lowest BCUT2D eigenvalue weighted by molar-refractivity contribution is -0.175. The third-order valence-corrected chi connectivity index (χ3v) is 1.52. The average Bonchev–Trinajstić information content (AvgIpc) is 2.00. The van der Waals surface area contributed by atoms with Crippen LogP contribution in [0.4, 0.5) is 0 Å². The van der Waals surface area contributed by atoms with Crippen molar-refractivity contribution in [2.45, 2.75) is 19.3 Å². The van der Waals surface area contributed by atoms with Gasteiger partial charge in [0.05, 0.1) is 0 Å². The highest BCUT2D eigenvalue weighted by molar-refractivity contribution is 7.46. The molecule has 82 valence electrons. The molecule has 0 aliphatic carbocycles. The van der Waals surface area contributed by atoms with Crippen LogP contribution in [0.1, 0.15) is 6.92 Å². The second kappa shape index (κ2) is 5.23. The van der Waals surface area contributed by atoms with Crippen molar-refractivity contribution in [2.24, 2.45) is 0 Å². The predicted molar refractivity (Wildman–Crippen MR) is 44.9 cm³/mol. The highest BCUT2D eigenvalue weighted by Gasteiger charge is 2.28. The van der Waals surface area contributed by atoms with Gasteiger partial charge in [0, 0.05) is 6.08 Å². The number of esters is 1. The Bertz CT molecular complexity index is 255. The van der Waals surface area contributed by atoms with Gasteiger partial charge in [-0.3, -0.25) is 0 Å². The Morgan fingerprint density at radius 2 is 2.07 bits per heavy atom. The number of phosphoric ester groups is 1. The quantitative estimate of drug-likeness (QED) is 0.251. The molecule has 0 heterocycles. The van der Waals surface area contributed by atoms with E-state index >= 15 is 0 Å². The van der Waals surface area contributed by atoms with Gasteiger partial charge < -0.3 is 19.6 Å². The van der Waals surface area contributed by atoms with Crippen molar-refractivity contribution in [1.82, 2.24) is 0 Å². The summed E-state index contributed by atoms with van der Waals surface area (Å²) in [5.74, 6) is -0.954. The first-order chi connectivity index (χ1) is 6.26. The molecule has 0 bridgehead atoms. The van der Waals surface area contributed by atoms with Gasteiger partial charge in [-0.15, -0.1) is 0 Å². The van der Waals surface area contributed by atoms with Gasteiger partial charge in [-0.1, -0.05) is 6.58 Å². The lowest BCUT2D eigenvalue weighted by Crippen LogP contribution is -2.30. The zero-order valence-electron chi connectivity index (χ0n) is 7.36. The third-order valence-electron chi connectivity index (χ3n) is 1.03. The van der Waals surface area contributed by atoms with E-state index in [1.807, 2.05) is 0 Å². The number of carbonyl (C=O) groups is 1. The van der Waals surface area contributed by atoms with E-state index in [-0.39, 0.29) is 0 Å². The van der Waals surface area contributed by atoms with Gasteiger partial charge in [-0.05, 0) is 6.92 Å². The molecule has 0 aromatic heterocycles. The van der Waals surface area contributed by atoms with Gasteiger partial charge in [-0.2, -0.15) is 0 Å². The van der Waals surface area contributed by atoms with E-state index in [1.54, 1.807) is 0 Å². The molecule has 8 heteroatoms. The van der Waals surface area contributed by atoms with E-state index < -0.39 is 26.2 Å². The highest BCUT2D eigenvalue weighted by atomic mass is 31.2. The monoisotopic (exact) mass is 226 g/mol. The van der Waals surface area contributed by atoms with Crippen LogP contribution >= 0.6 is 7.82 Å². The summed E-state index contributed by atoms with van der Waals surface area (Å²) < 4.78 is 18.7. The fourth-order valence-electron chi connectivity index (χ4n) is 0.506. The second-order valence-corrected chi connectivity index (χ2v) is 3.54. The van der Waals surface area contributed by atoms with Crippen molar-refractivity contribution in [3.05, 3.63) is 12.7 Å². The SMILES string of the molecule is C=CC(=O)OC(OP(=O)(O)O)C(C)O. The number of phosphoric acid groups is 1. The molecule has 0 aromatic rings. The Hall–Kier alpha value is -0.720. The minimum Gasteiger partial charge on any atom is -0.429 e. The molecule has 0 spiro atoms. The van der Waals surface area contributed by atoms with Crippen LogP contribution in [0.25, 0.3) is 0 Å². The summed E-state index contributed by atoms with van der Waals surface area (Å²) >= 11 is 0. The summed E-state index contributed by atoms with van der Waals surface area (Å²) in [6.07, 6.45) is -2.31. The first-order valence-electron chi connectivity index (χ1n) is 3.51. The Morgan fingerprint density at radius 3 is 2.36 bits per heavy atom. The standard InChI is InChI=1S/C6H11O7P/c1-3-5(8)12-6(4(2)7)13-14(9,10)11/h3-4,6-7H,1H2,2H3,(H2,9,10,11). The van der Waals surface area contributed by atoms with Crippen LogP contribution in [-0.4, -0.2) is 33.3 Å². The molecule has 0 aromatic carbocycles. The number of rotatable bonds is 5. The molecule has 0 saturated heterocycles. The molecule has 0 rings (SSSR count). The van der Waals surface area contributed by atoms with Crippen LogP contribution in [0, 0.1) is 0 Å². The van der Waals surface area contributed by atoms with Crippen LogP contribution in [0.2, 0.25) is 0 Å². The lowest BCUT2D eigenvalue weighted by atomic mass is 10.4. The minimum absolute atomic E-state index is 0.776. The summed E-state index contributed by atoms with van der Waals surface area (Å²) in [5, 5.41) is 8.94. The molecule has 7 nitrogen and oxygen atoms in total. The maximum atomic E-state index is 10.6. The molecule has 0 aliphatic heterocycles. The van der Waals surface area contributed by atoms with Crippen LogP contribution in [0.3, 0.4) is 0 Å². The van der Waals surface area contributed by atoms with Gasteiger partial charge in [0.15, 0.2) is 0 Å². The predicted octanol–water partition coefficient (Wildman–Crippen LogP) is -0.468. The van der Waals surface area contributed by atoms with Gasteiger partial charge in [-0.25, -0.2) is 13.9 Å². The first-order valence-corrected chi connectivity index (χ1v) is 5.04. The Labute approximate surface area is 80.2 Å². The Balaban J connectivity index is 4.38. The van der Waals surface area contributed by atoms with E-state index in [0.29, 0.717) is 0 Å². The van der Waals surface area contributed by atoms with Crippen LogP contribution < -0.4 is 0 Å². The maximum Gasteiger partial charge on any atom is 0.472 e. The van der Waals surface area contributed by atoms with Crippen molar-refractivity contribution < 1.29 is 33.5 Å². The molecule has 2 unspecified atom stereocenters. The van der Waals surface area contributed by atoms with Crippen molar-refractivity contribution in [2.75, 3.05) is 0 Å². The summed E-state index contributed by atoms with van der Waals surface area (Å²) in [6.45, 7) is 4.21. The average molecular weight is 226 g/mol. The summed E-state index contributed by atoms with van der Waals surface area (Å²) in [5.41, 5.74) is 0. The zero-order chi connectivity index (χ0) is 11.4. The van der Waals surface area contributed by atoms with Gasteiger partial charge in [0.2, 0.25) is 6.29 Å². The number of hydrogen-bond donors (Lipinski definition) is 3. The number of aliphatic hydroxyl groups is 1. The molecular formula is C6H11O7P.